The molecule has 88 valence electrons. The van der Waals surface area contributed by atoms with E-state index in [2.05, 4.69) is 9.97 Å². The van der Waals surface area contributed by atoms with Gasteiger partial charge in [0.05, 0.1) is 12.7 Å². The molecule has 0 saturated heterocycles. The van der Waals surface area contributed by atoms with Crippen molar-refractivity contribution in [2.24, 2.45) is 0 Å². The molecule has 3 nitrogen and oxygen atoms in total. The SMILES string of the molecule is COc1nc(Cl)nc(Cl)c1Cc1ccccc1. The second-order valence-corrected chi connectivity index (χ2v) is 4.13. The van der Waals surface area contributed by atoms with E-state index < -0.39 is 0 Å². The average molecular weight is 269 g/mol. The van der Waals surface area contributed by atoms with Crippen LogP contribution in [0.1, 0.15) is 11.1 Å². The predicted molar refractivity (Wildman–Crippen MR) is 67.9 cm³/mol. The van der Waals surface area contributed by atoms with Gasteiger partial charge in [0.25, 0.3) is 0 Å². The van der Waals surface area contributed by atoms with E-state index in [0.717, 1.165) is 11.1 Å². The summed E-state index contributed by atoms with van der Waals surface area (Å²) in [5.74, 6) is 0.416. The van der Waals surface area contributed by atoms with E-state index in [1.807, 2.05) is 30.3 Å². The third-order valence-electron chi connectivity index (χ3n) is 2.31. The third-order valence-corrected chi connectivity index (χ3v) is 2.79. The maximum atomic E-state index is 6.05. The van der Waals surface area contributed by atoms with Crippen molar-refractivity contribution in [1.82, 2.24) is 9.97 Å². The summed E-state index contributed by atoms with van der Waals surface area (Å²) >= 11 is 11.8. The Balaban J connectivity index is 2.38. The molecule has 0 atom stereocenters. The number of halogens is 2. The summed E-state index contributed by atoms with van der Waals surface area (Å²) in [5, 5.41) is 0.411. The van der Waals surface area contributed by atoms with Crippen LogP contribution >= 0.6 is 23.2 Å². The molecule has 0 bridgehead atoms. The minimum Gasteiger partial charge on any atom is -0.481 e. The molecule has 1 aromatic carbocycles. The standard InChI is InChI=1S/C12H10Cl2N2O/c1-17-11-9(10(13)15-12(14)16-11)7-8-5-3-2-4-6-8/h2-6H,7H2,1H3. The monoisotopic (exact) mass is 268 g/mol. The first kappa shape index (κ1) is 12.1. The molecule has 1 aromatic heterocycles. The zero-order valence-electron chi connectivity index (χ0n) is 9.15. The quantitative estimate of drug-likeness (QED) is 0.632. The highest BCUT2D eigenvalue weighted by Crippen LogP contribution is 2.27. The van der Waals surface area contributed by atoms with Gasteiger partial charge in [-0.25, -0.2) is 4.98 Å². The Morgan fingerprint density at radius 1 is 1.12 bits per heavy atom. The number of ether oxygens (including phenoxy) is 1. The Morgan fingerprint density at radius 3 is 2.47 bits per heavy atom. The summed E-state index contributed by atoms with van der Waals surface area (Å²) in [5.41, 5.74) is 1.85. The van der Waals surface area contributed by atoms with Crippen LogP contribution in [0.4, 0.5) is 0 Å². The van der Waals surface area contributed by atoms with Crippen LogP contribution in [0.3, 0.4) is 0 Å². The van der Waals surface area contributed by atoms with Gasteiger partial charge in [-0.15, -0.1) is 0 Å². The zero-order valence-corrected chi connectivity index (χ0v) is 10.7. The minimum atomic E-state index is 0.0867. The molecule has 0 aliphatic carbocycles. The van der Waals surface area contributed by atoms with Crippen LogP contribution in [-0.2, 0) is 6.42 Å². The maximum Gasteiger partial charge on any atom is 0.227 e. The van der Waals surface area contributed by atoms with Crippen molar-refractivity contribution < 1.29 is 4.74 Å². The molecule has 0 spiro atoms. The minimum absolute atomic E-state index is 0.0867. The van der Waals surface area contributed by atoms with Crippen LogP contribution in [0, 0.1) is 0 Å². The van der Waals surface area contributed by atoms with Crippen molar-refractivity contribution in [3.8, 4) is 5.88 Å². The molecule has 5 heteroatoms. The van der Waals surface area contributed by atoms with E-state index >= 15 is 0 Å². The fourth-order valence-electron chi connectivity index (χ4n) is 1.53. The van der Waals surface area contributed by atoms with E-state index in [4.69, 9.17) is 27.9 Å². The van der Waals surface area contributed by atoms with Gasteiger partial charge in [0.15, 0.2) is 0 Å². The lowest BCUT2D eigenvalue weighted by molar-refractivity contribution is 0.392. The third kappa shape index (κ3) is 2.87. The van der Waals surface area contributed by atoms with Crippen LogP contribution in [0.25, 0.3) is 0 Å². The number of nitrogens with zero attached hydrogens (tertiary/aromatic N) is 2. The first-order chi connectivity index (χ1) is 8.20. The van der Waals surface area contributed by atoms with E-state index in [-0.39, 0.29) is 5.28 Å². The molecule has 0 aliphatic heterocycles. The Kier molecular flexibility index (Phi) is 3.82. The van der Waals surface area contributed by atoms with Gasteiger partial charge in [0.1, 0.15) is 5.15 Å². The zero-order chi connectivity index (χ0) is 12.3. The van der Waals surface area contributed by atoms with Crippen molar-refractivity contribution in [2.75, 3.05) is 7.11 Å². The Hall–Kier alpha value is -1.32. The van der Waals surface area contributed by atoms with Crippen LogP contribution in [0.2, 0.25) is 10.4 Å². The molecule has 0 radical (unpaired) electrons. The van der Waals surface area contributed by atoms with Crippen molar-refractivity contribution in [3.05, 3.63) is 51.9 Å². The Labute approximate surface area is 109 Å². The molecule has 0 aliphatic rings. The molecule has 0 saturated carbocycles. The predicted octanol–water partition coefficient (Wildman–Crippen LogP) is 3.38. The van der Waals surface area contributed by atoms with Crippen molar-refractivity contribution in [3.63, 3.8) is 0 Å². The number of hydrogen-bond donors (Lipinski definition) is 0. The van der Waals surface area contributed by atoms with Gasteiger partial charge >= 0.3 is 0 Å². The number of methoxy groups -OCH3 is 1. The van der Waals surface area contributed by atoms with Gasteiger partial charge in [-0.05, 0) is 17.2 Å². The van der Waals surface area contributed by atoms with Gasteiger partial charge < -0.3 is 4.74 Å². The molecule has 0 N–H and O–H groups in total. The van der Waals surface area contributed by atoms with E-state index in [1.54, 1.807) is 0 Å². The smallest absolute Gasteiger partial charge is 0.227 e. The van der Waals surface area contributed by atoms with Crippen molar-refractivity contribution >= 4 is 23.2 Å². The Morgan fingerprint density at radius 2 is 1.82 bits per heavy atom. The number of hydrogen-bond acceptors (Lipinski definition) is 3. The maximum absolute atomic E-state index is 6.05. The lowest BCUT2D eigenvalue weighted by Crippen LogP contribution is -2.00. The molecule has 2 rings (SSSR count). The fraction of sp³-hybridized carbons (Fsp3) is 0.167. The summed E-state index contributed by atoms with van der Waals surface area (Å²) in [6, 6.07) is 9.90. The first-order valence-corrected chi connectivity index (χ1v) is 5.76. The summed E-state index contributed by atoms with van der Waals surface area (Å²) in [6.07, 6.45) is 0.611. The number of rotatable bonds is 3. The fourth-order valence-corrected chi connectivity index (χ4v) is 1.96. The molecular weight excluding hydrogens is 259 g/mol. The Bertz CT molecular complexity index is 517. The van der Waals surface area contributed by atoms with Crippen LogP contribution < -0.4 is 4.74 Å². The second kappa shape index (κ2) is 5.34. The van der Waals surface area contributed by atoms with Crippen molar-refractivity contribution in [1.29, 1.82) is 0 Å². The van der Waals surface area contributed by atoms with Crippen LogP contribution in [-0.4, -0.2) is 17.1 Å². The van der Waals surface area contributed by atoms with E-state index in [1.165, 1.54) is 7.11 Å². The highest BCUT2D eigenvalue weighted by molar-refractivity contribution is 6.32. The topological polar surface area (TPSA) is 35.0 Å². The molecular formula is C12H10Cl2N2O. The summed E-state index contributed by atoms with van der Waals surface area (Å²) < 4.78 is 5.16. The molecule has 17 heavy (non-hydrogen) atoms. The van der Waals surface area contributed by atoms with E-state index in [0.29, 0.717) is 17.5 Å². The molecule has 0 amide bonds. The van der Waals surface area contributed by atoms with Crippen LogP contribution in [0.5, 0.6) is 5.88 Å². The largest absolute Gasteiger partial charge is 0.481 e. The normalized spacial score (nSPS) is 10.3. The van der Waals surface area contributed by atoms with Crippen molar-refractivity contribution in [2.45, 2.75) is 6.42 Å². The summed E-state index contributed by atoms with van der Waals surface area (Å²) in [7, 11) is 1.53. The van der Waals surface area contributed by atoms with Gasteiger partial charge in [-0.2, -0.15) is 4.98 Å². The lowest BCUT2D eigenvalue weighted by atomic mass is 10.1. The van der Waals surface area contributed by atoms with Gasteiger partial charge in [-0.1, -0.05) is 41.9 Å². The number of aromatic nitrogens is 2. The summed E-state index contributed by atoms with van der Waals surface area (Å²) in [6.45, 7) is 0. The van der Waals surface area contributed by atoms with Crippen LogP contribution in [0.15, 0.2) is 30.3 Å². The average Bonchev–Trinajstić information content (AvgIpc) is 2.33. The highest BCUT2D eigenvalue weighted by atomic mass is 35.5. The molecule has 2 aromatic rings. The first-order valence-electron chi connectivity index (χ1n) is 5.00. The molecule has 0 fully saturated rings. The highest BCUT2D eigenvalue weighted by Gasteiger charge is 2.13. The van der Waals surface area contributed by atoms with E-state index in [9.17, 15) is 0 Å². The number of benzene rings is 1. The molecule has 0 unspecified atom stereocenters. The summed E-state index contributed by atoms with van der Waals surface area (Å²) in [4.78, 5) is 7.91. The lowest BCUT2D eigenvalue weighted by Gasteiger charge is -2.09. The van der Waals surface area contributed by atoms with Gasteiger partial charge in [0.2, 0.25) is 11.2 Å². The van der Waals surface area contributed by atoms with Gasteiger partial charge in [0, 0.05) is 6.42 Å². The van der Waals surface area contributed by atoms with Gasteiger partial charge in [-0.3, -0.25) is 0 Å². The molecule has 1 heterocycles. The second-order valence-electron chi connectivity index (χ2n) is 3.43.